The molecule has 0 fully saturated rings. The number of nitrogens with zero attached hydrogens (tertiary/aromatic N) is 2. The van der Waals surface area contributed by atoms with Crippen molar-refractivity contribution < 1.29 is 19.1 Å². The van der Waals surface area contributed by atoms with Crippen molar-refractivity contribution in [3.63, 3.8) is 0 Å². The van der Waals surface area contributed by atoms with Gasteiger partial charge in [0.05, 0.1) is 6.54 Å². The van der Waals surface area contributed by atoms with Crippen molar-refractivity contribution >= 4 is 21.9 Å². The molecule has 2 heterocycles. The van der Waals surface area contributed by atoms with Crippen molar-refractivity contribution in [2.75, 3.05) is 13.2 Å². The number of carbonyl (C=O) groups is 1. The molecule has 2 aromatic rings. The fourth-order valence-electron chi connectivity index (χ4n) is 2.21. The number of carboxylic acids is 1. The molecule has 0 amide bonds. The second-order valence-electron chi connectivity index (χ2n) is 4.74. The summed E-state index contributed by atoms with van der Waals surface area (Å²) in [6, 6.07) is 5.93. The number of oxazole rings is 1. The maximum absolute atomic E-state index is 10.8. The summed E-state index contributed by atoms with van der Waals surface area (Å²) in [4.78, 5) is 16.9. The van der Waals surface area contributed by atoms with Gasteiger partial charge >= 0.3 is 5.97 Å². The summed E-state index contributed by atoms with van der Waals surface area (Å²) in [5, 5.41) is 8.84. The molecular formula is C14H13BrN2O4. The van der Waals surface area contributed by atoms with Crippen molar-refractivity contribution in [3.8, 4) is 5.75 Å². The van der Waals surface area contributed by atoms with Crippen LogP contribution in [0.1, 0.15) is 21.9 Å². The molecule has 1 aliphatic rings. The molecule has 3 rings (SSSR count). The number of aromatic nitrogens is 1. The van der Waals surface area contributed by atoms with Crippen LogP contribution in [0.3, 0.4) is 0 Å². The first kappa shape index (κ1) is 14.1. The minimum absolute atomic E-state index is 0.0691. The highest BCUT2D eigenvalue weighted by atomic mass is 79.9. The number of fused-ring (bicyclic) bond motifs is 1. The average Bonchev–Trinajstić information content (AvgIpc) is 2.81. The van der Waals surface area contributed by atoms with Crippen LogP contribution in [0.4, 0.5) is 0 Å². The lowest BCUT2D eigenvalue weighted by Gasteiger charge is -2.16. The smallest absolute Gasteiger partial charge is 0.357 e. The molecular weight excluding hydrogens is 340 g/mol. The number of ether oxygens (including phenoxy) is 1. The molecule has 6 nitrogen and oxygen atoms in total. The zero-order chi connectivity index (χ0) is 14.8. The monoisotopic (exact) mass is 352 g/mol. The Morgan fingerprint density at radius 1 is 1.48 bits per heavy atom. The Morgan fingerprint density at radius 2 is 2.33 bits per heavy atom. The number of carboxylic acid groups (broad SMARTS) is 1. The number of benzene rings is 1. The van der Waals surface area contributed by atoms with Gasteiger partial charge in [0.25, 0.3) is 0 Å². The summed E-state index contributed by atoms with van der Waals surface area (Å²) in [6.07, 6.45) is 1.16. The molecule has 0 aliphatic carbocycles. The third kappa shape index (κ3) is 3.25. The number of hydrogen-bond acceptors (Lipinski definition) is 5. The fraction of sp³-hybridized carbons (Fsp3) is 0.286. The van der Waals surface area contributed by atoms with E-state index in [2.05, 4.69) is 25.8 Å². The molecule has 0 radical (unpaired) electrons. The van der Waals surface area contributed by atoms with Crippen LogP contribution in [0.25, 0.3) is 0 Å². The summed E-state index contributed by atoms with van der Waals surface area (Å²) in [7, 11) is 0. The number of aromatic carboxylic acids is 1. The van der Waals surface area contributed by atoms with E-state index in [1.807, 2.05) is 18.2 Å². The molecule has 0 atom stereocenters. The lowest BCUT2D eigenvalue weighted by atomic mass is 10.2. The Kier molecular flexibility index (Phi) is 3.94. The third-order valence-electron chi connectivity index (χ3n) is 3.22. The molecule has 1 aliphatic heterocycles. The average molecular weight is 353 g/mol. The molecule has 0 bridgehead atoms. The first-order chi connectivity index (χ1) is 10.1. The van der Waals surface area contributed by atoms with E-state index in [4.69, 9.17) is 14.3 Å². The molecule has 0 saturated carbocycles. The first-order valence-corrected chi connectivity index (χ1v) is 7.22. The SMILES string of the molecule is O=C(O)c1coc(CN2CCOc3cc(Br)ccc3C2)n1. The van der Waals surface area contributed by atoms with Crippen molar-refractivity contribution in [3.05, 3.63) is 46.1 Å². The highest BCUT2D eigenvalue weighted by Crippen LogP contribution is 2.27. The molecule has 1 aromatic heterocycles. The standard InChI is InChI=1S/C14H13BrN2O4/c15-10-2-1-9-6-17(3-4-20-12(9)5-10)7-13-16-11(8-21-13)14(18)19/h1-2,5,8H,3-4,6-7H2,(H,18,19). The van der Waals surface area contributed by atoms with Gasteiger partial charge in [-0.15, -0.1) is 0 Å². The highest BCUT2D eigenvalue weighted by Gasteiger charge is 2.18. The molecule has 1 aromatic carbocycles. The Hall–Kier alpha value is -1.86. The van der Waals surface area contributed by atoms with Gasteiger partial charge in [0, 0.05) is 23.1 Å². The third-order valence-corrected chi connectivity index (χ3v) is 3.71. The Labute approximate surface area is 129 Å². The molecule has 1 N–H and O–H groups in total. The topological polar surface area (TPSA) is 75.8 Å². The van der Waals surface area contributed by atoms with E-state index in [-0.39, 0.29) is 5.69 Å². The van der Waals surface area contributed by atoms with Gasteiger partial charge in [0.15, 0.2) is 5.69 Å². The number of hydrogen-bond donors (Lipinski definition) is 1. The van der Waals surface area contributed by atoms with Crippen LogP contribution in [-0.2, 0) is 13.1 Å². The molecule has 0 spiro atoms. The first-order valence-electron chi connectivity index (χ1n) is 6.43. The lowest BCUT2D eigenvalue weighted by molar-refractivity contribution is 0.0690. The van der Waals surface area contributed by atoms with Crippen LogP contribution in [0.5, 0.6) is 5.75 Å². The van der Waals surface area contributed by atoms with Crippen LogP contribution < -0.4 is 4.74 Å². The van der Waals surface area contributed by atoms with Gasteiger partial charge in [-0.1, -0.05) is 22.0 Å². The second kappa shape index (κ2) is 5.87. The Balaban J connectivity index is 1.74. The van der Waals surface area contributed by atoms with Gasteiger partial charge in [-0.05, 0) is 12.1 Å². The van der Waals surface area contributed by atoms with Gasteiger partial charge in [0.2, 0.25) is 5.89 Å². The maximum atomic E-state index is 10.8. The Bertz CT molecular complexity index is 671. The summed E-state index contributed by atoms with van der Waals surface area (Å²) in [5.74, 6) is 0.179. The van der Waals surface area contributed by atoms with Crippen molar-refractivity contribution in [2.45, 2.75) is 13.1 Å². The summed E-state index contributed by atoms with van der Waals surface area (Å²) >= 11 is 3.43. The summed E-state index contributed by atoms with van der Waals surface area (Å²) in [6.45, 7) is 2.44. The molecule has 7 heteroatoms. The summed E-state index contributed by atoms with van der Waals surface area (Å²) < 4.78 is 11.9. The zero-order valence-corrected chi connectivity index (χ0v) is 12.7. The van der Waals surface area contributed by atoms with Crippen molar-refractivity contribution in [1.82, 2.24) is 9.88 Å². The fourth-order valence-corrected chi connectivity index (χ4v) is 2.55. The van der Waals surface area contributed by atoms with Crippen molar-refractivity contribution in [1.29, 1.82) is 0 Å². The highest BCUT2D eigenvalue weighted by molar-refractivity contribution is 9.10. The van der Waals surface area contributed by atoms with E-state index < -0.39 is 5.97 Å². The molecule has 21 heavy (non-hydrogen) atoms. The van der Waals surface area contributed by atoms with Gasteiger partial charge in [-0.2, -0.15) is 0 Å². The predicted octanol–water partition coefficient (Wildman–Crippen LogP) is 2.53. The number of rotatable bonds is 3. The van der Waals surface area contributed by atoms with E-state index in [9.17, 15) is 4.79 Å². The van der Waals surface area contributed by atoms with Gasteiger partial charge in [0.1, 0.15) is 18.6 Å². The quantitative estimate of drug-likeness (QED) is 0.914. The van der Waals surface area contributed by atoms with Crippen LogP contribution >= 0.6 is 15.9 Å². The normalized spacial score (nSPS) is 15.1. The van der Waals surface area contributed by atoms with Crippen LogP contribution in [0.2, 0.25) is 0 Å². The van der Waals surface area contributed by atoms with Gasteiger partial charge < -0.3 is 14.3 Å². The van der Waals surface area contributed by atoms with E-state index in [0.717, 1.165) is 28.6 Å². The predicted molar refractivity (Wildman–Crippen MR) is 77.2 cm³/mol. The molecule has 110 valence electrons. The van der Waals surface area contributed by atoms with Crippen LogP contribution in [0, 0.1) is 0 Å². The van der Waals surface area contributed by atoms with E-state index >= 15 is 0 Å². The van der Waals surface area contributed by atoms with E-state index in [1.54, 1.807) is 0 Å². The van der Waals surface area contributed by atoms with E-state index in [0.29, 0.717) is 25.6 Å². The van der Waals surface area contributed by atoms with Gasteiger partial charge in [-0.3, -0.25) is 4.90 Å². The Morgan fingerprint density at radius 3 is 3.10 bits per heavy atom. The number of halogens is 1. The summed E-state index contributed by atoms with van der Waals surface area (Å²) in [5.41, 5.74) is 1.01. The lowest BCUT2D eigenvalue weighted by Crippen LogP contribution is -2.25. The zero-order valence-electron chi connectivity index (χ0n) is 11.1. The maximum Gasteiger partial charge on any atom is 0.357 e. The largest absolute Gasteiger partial charge is 0.492 e. The minimum Gasteiger partial charge on any atom is -0.492 e. The second-order valence-corrected chi connectivity index (χ2v) is 5.66. The van der Waals surface area contributed by atoms with Gasteiger partial charge in [-0.25, -0.2) is 9.78 Å². The van der Waals surface area contributed by atoms with E-state index in [1.165, 1.54) is 0 Å². The van der Waals surface area contributed by atoms with Crippen molar-refractivity contribution in [2.24, 2.45) is 0 Å². The minimum atomic E-state index is -1.08. The van der Waals surface area contributed by atoms with Crippen LogP contribution in [-0.4, -0.2) is 34.1 Å². The van der Waals surface area contributed by atoms with Crippen LogP contribution in [0.15, 0.2) is 33.4 Å². The molecule has 0 unspecified atom stereocenters. The molecule has 0 saturated heterocycles.